The SMILES string of the molecule is COc1cc(C[C@H](O)Cc2ccc(O)cc2OC)ccc1O. The van der Waals surface area contributed by atoms with E-state index in [-0.39, 0.29) is 11.5 Å². The summed E-state index contributed by atoms with van der Waals surface area (Å²) in [6.45, 7) is 0. The lowest BCUT2D eigenvalue weighted by atomic mass is 10.00. The van der Waals surface area contributed by atoms with Crippen molar-refractivity contribution in [3.63, 3.8) is 0 Å². The number of hydrogen-bond donors (Lipinski definition) is 3. The Morgan fingerprint density at radius 1 is 0.909 bits per heavy atom. The molecule has 0 fully saturated rings. The van der Waals surface area contributed by atoms with Crippen LogP contribution in [0.2, 0.25) is 0 Å². The molecule has 0 aliphatic rings. The van der Waals surface area contributed by atoms with Crippen LogP contribution in [0.5, 0.6) is 23.0 Å². The highest BCUT2D eigenvalue weighted by Gasteiger charge is 2.13. The van der Waals surface area contributed by atoms with Gasteiger partial charge in [-0.15, -0.1) is 0 Å². The van der Waals surface area contributed by atoms with E-state index in [2.05, 4.69) is 0 Å². The minimum absolute atomic E-state index is 0.0703. The lowest BCUT2D eigenvalue weighted by Gasteiger charge is -2.14. The van der Waals surface area contributed by atoms with Crippen molar-refractivity contribution in [2.24, 2.45) is 0 Å². The summed E-state index contributed by atoms with van der Waals surface area (Å²) in [5.41, 5.74) is 1.68. The molecule has 0 bridgehead atoms. The van der Waals surface area contributed by atoms with Crippen LogP contribution < -0.4 is 9.47 Å². The van der Waals surface area contributed by atoms with E-state index in [0.29, 0.717) is 24.3 Å². The summed E-state index contributed by atoms with van der Waals surface area (Å²) in [6, 6.07) is 9.80. The number of ether oxygens (including phenoxy) is 2. The molecule has 118 valence electrons. The smallest absolute Gasteiger partial charge is 0.160 e. The van der Waals surface area contributed by atoms with Gasteiger partial charge in [0.2, 0.25) is 0 Å². The van der Waals surface area contributed by atoms with Crippen LogP contribution >= 0.6 is 0 Å². The van der Waals surface area contributed by atoms with Gasteiger partial charge in [0, 0.05) is 12.5 Å². The van der Waals surface area contributed by atoms with E-state index < -0.39 is 6.10 Å². The highest BCUT2D eigenvalue weighted by molar-refractivity contribution is 5.43. The number of aliphatic hydroxyl groups is 1. The van der Waals surface area contributed by atoms with Crippen LogP contribution in [-0.2, 0) is 12.8 Å². The number of aliphatic hydroxyl groups excluding tert-OH is 1. The van der Waals surface area contributed by atoms with E-state index >= 15 is 0 Å². The molecule has 0 aliphatic carbocycles. The quantitative estimate of drug-likeness (QED) is 0.763. The molecule has 2 rings (SSSR count). The summed E-state index contributed by atoms with van der Waals surface area (Å²) < 4.78 is 10.3. The van der Waals surface area contributed by atoms with Crippen LogP contribution in [0.4, 0.5) is 0 Å². The minimum atomic E-state index is -0.618. The minimum Gasteiger partial charge on any atom is -0.508 e. The molecule has 0 saturated carbocycles. The molecule has 0 radical (unpaired) electrons. The van der Waals surface area contributed by atoms with Gasteiger partial charge in [0.05, 0.1) is 20.3 Å². The molecule has 0 heterocycles. The van der Waals surface area contributed by atoms with Crippen molar-refractivity contribution in [3.8, 4) is 23.0 Å². The van der Waals surface area contributed by atoms with E-state index in [1.807, 2.05) is 0 Å². The molecule has 0 saturated heterocycles. The van der Waals surface area contributed by atoms with Crippen LogP contribution in [0.3, 0.4) is 0 Å². The van der Waals surface area contributed by atoms with E-state index in [0.717, 1.165) is 11.1 Å². The summed E-state index contributed by atoms with van der Waals surface area (Å²) in [4.78, 5) is 0. The molecule has 2 aromatic carbocycles. The lowest BCUT2D eigenvalue weighted by Crippen LogP contribution is -2.14. The largest absolute Gasteiger partial charge is 0.508 e. The highest BCUT2D eigenvalue weighted by Crippen LogP contribution is 2.28. The van der Waals surface area contributed by atoms with Crippen LogP contribution in [-0.4, -0.2) is 35.6 Å². The Labute approximate surface area is 129 Å². The van der Waals surface area contributed by atoms with Gasteiger partial charge < -0.3 is 24.8 Å². The molecule has 1 atom stereocenters. The first-order valence-electron chi connectivity index (χ1n) is 6.93. The van der Waals surface area contributed by atoms with Crippen molar-refractivity contribution < 1.29 is 24.8 Å². The van der Waals surface area contributed by atoms with Gasteiger partial charge >= 0.3 is 0 Å². The van der Waals surface area contributed by atoms with Crippen LogP contribution in [0.15, 0.2) is 36.4 Å². The third-order valence-corrected chi connectivity index (χ3v) is 3.44. The number of methoxy groups -OCH3 is 2. The van der Waals surface area contributed by atoms with Gasteiger partial charge in [-0.2, -0.15) is 0 Å². The molecule has 22 heavy (non-hydrogen) atoms. The van der Waals surface area contributed by atoms with Crippen LogP contribution in [0.1, 0.15) is 11.1 Å². The number of rotatable bonds is 6. The number of benzene rings is 2. The van der Waals surface area contributed by atoms with Gasteiger partial charge in [-0.25, -0.2) is 0 Å². The molecule has 3 N–H and O–H groups in total. The molecule has 2 aromatic rings. The standard InChI is InChI=1S/C17H20O5/c1-21-16-10-13(18)5-4-12(16)9-14(19)7-11-3-6-15(20)17(8-11)22-2/h3-6,8,10,14,18-20H,7,9H2,1-2H3/t14-/m0/s1. The molecular weight excluding hydrogens is 284 g/mol. The summed E-state index contributed by atoms with van der Waals surface area (Å²) in [5, 5.41) is 29.3. The molecule has 0 aromatic heterocycles. The highest BCUT2D eigenvalue weighted by atomic mass is 16.5. The monoisotopic (exact) mass is 304 g/mol. The molecule has 5 heteroatoms. The van der Waals surface area contributed by atoms with Crippen LogP contribution in [0.25, 0.3) is 0 Å². The fourth-order valence-electron chi connectivity index (χ4n) is 2.35. The van der Waals surface area contributed by atoms with Crippen molar-refractivity contribution in [1.82, 2.24) is 0 Å². The fraction of sp³-hybridized carbons (Fsp3) is 0.294. The summed E-state index contributed by atoms with van der Waals surface area (Å²) >= 11 is 0. The Bertz CT molecular complexity index is 639. The van der Waals surface area contributed by atoms with Crippen molar-refractivity contribution in [3.05, 3.63) is 47.5 Å². The fourth-order valence-corrected chi connectivity index (χ4v) is 2.35. The van der Waals surface area contributed by atoms with Crippen molar-refractivity contribution in [2.75, 3.05) is 14.2 Å². The molecule has 0 amide bonds. The Morgan fingerprint density at radius 2 is 1.64 bits per heavy atom. The van der Waals surface area contributed by atoms with Crippen molar-refractivity contribution in [2.45, 2.75) is 18.9 Å². The second-order valence-corrected chi connectivity index (χ2v) is 5.06. The Hall–Kier alpha value is -2.40. The van der Waals surface area contributed by atoms with E-state index in [9.17, 15) is 15.3 Å². The summed E-state index contributed by atoms with van der Waals surface area (Å²) in [6.07, 6.45) is 0.195. The molecular formula is C17H20O5. The first-order chi connectivity index (χ1) is 10.5. The van der Waals surface area contributed by atoms with Gasteiger partial charge in [-0.1, -0.05) is 12.1 Å². The average Bonchev–Trinajstić information content (AvgIpc) is 2.50. The number of aromatic hydroxyl groups is 2. The van der Waals surface area contributed by atoms with Crippen molar-refractivity contribution in [1.29, 1.82) is 0 Å². The number of hydrogen-bond acceptors (Lipinski definition) is 5. The van der Waals surface area contributed by atoms with E-state index in [1.165, 1.54) is 20.3 Å². The predicted molar refractivity (Wildman–Crippen MR) is 82.7 cm³/mol. The third-order valence-electron chi connectivity index (χ3n) is 3.44. The summed E-state index contributed by atoms with van der Waals surface area (Å²) in [7, 11) is 3.01. The van der Waals surface area contributed by atoms with Gasteiger partial charge in [0.25, 0.3) is 0 Å². The maximum absolute atomic E-state index is 10.3. The molecule has 5 nitrogen and oxygen atoms in total. The number of phenolic OH excluding ortho intramolecular Hbond substituents is 2. The zero-order chi connectivity index (χ0) is 16.1. The lowest BCUT2D eigenvalue weighted by molar-refractivity contribution is 0.174. The Kier molecular flexibility index (Phi) is 5.12. The Balaban J connectivity index is 2.08. The zero-order valence-electron chi connectivity index (χ0n) is 12.6. The maximum atomic E-state index is 10.3. The second-order valence-electron chi connectivity index (χ2n) is 5.06. The second kappa shape index (κ2) is 7.04. The summed E-state index contributed by atoms with van der Waals surface area (Å²) in [5.74, 6) is 1.12. The van der Waals surface area contributed by atoms with Gasteiger partial charge in [-0.05, 0) is 35.7 Å². The number of phenols is 2. The molecule has 0 aliphatic heterocycles. The third kappa shape index (κ3) is 3.83. The van der Waals surface area contributed by atoms with Crippen LogP contribution in [0, 0.1) is 0 Å². The normalized spacial score (nSPS) is 12.0. The molecule has 0 spiro atoms. The predicted octanol–water partition coefficient (Wildman–Crippen LogP) is 2.26. The Morgan fingerprint density at radius 3 is 2.32 bits per heavy atom. The topological polar surface area (TPSA) is 79.2 Å². The first-order valence-corrected chi connectivity index (χ1v) is 6.93. The maximum Gasteiger partial charge on any atom is 0.160 e. The van der Waals surface area contributed by atoms with Gasteiger partial charge in [0.1, 0.15) is 11.5 Å². The van der Waals surface area contributed by atoms with Gasteiger partial charge in [0.15, 0.2) is 11.5 Å². The van der Waals surface area contributed by atoms with Gasteiger partial charge in [-0.3, -0.25) is 0 Å². The molecule has 0 unspecified atom stereocenters. The van der Waals surface area contributed by atoms with Crippen molar-refractivity contribution >= 4 is 0 Å². The zero-order valence-corrected chi connectivity index (χ0v) is 12.6. The van der Waals surface area contributed by atoms with E-state index in [1.54, 1.807) is 30.3 Å². The first kappa shape index (κ1) is 16.0. The average molecular weight is 304 g/mol. The van der Waals surface area contributed by atoms with E-state index in [4.69, 9.17) is 9.47 Å².